The van der Waals surface area contributed by atoms with Crippen LogP contribution in [0.4, 0.5) is 0 Å². The average Bonchev–Trinajstić information content (AvgIpc) is 3.20. The molecule has 8 heteroatoms. The molecule has 0 bridgehead atoms. The minimum absolute atomic E-state index is 0.0394. The molecule has 6 nitrogen and oxygen atoms in total. The molecular formula is C15H23N3O3S2. The van der Waals surface area contributed by atoms with Crippen molar-refractivity contribution in [3.05, 3.63) is 17.0 Å². The Morgan fingerprint density at radius 3 is 2.78 bits per heavy atom. The molecule has 1 amide bonds. The predicted octanol–water partition coefficient (Wildman–Crippen LogP) is 0.943. The highest BCUT2D eigenvalue weighted by Crippen LogP contribution is 2.27. The van der Waals surface area contributed by atoms with Gasteiger partial charge in [-0.25, -0.2) is 8.42 Å². The van der Waals surface area contributed by atoms with Crippen molar-refractivity contribution in [2.24, 2.45) is 0 Å². The van der Waals surface area contributed by atoms with Gasteiger partial charge in [0.25, 0.3) is 10.0 Å². The van der Waals surface area contributed by atoms with E-state index >= 15 is 0 Å². The van der Waals surface area contributed by atoms with Crippen LogP contribution in [0.1, 0.15) is 30.6 Å². The second-order valence-corrected chi connectivity index (χ2v) is 9.45. The molecule has 0 saturated carbocycles. The van der Waals surface area contributed by atoms with Crippen LogP contribution in [0, 0.1) is 0 Å². The Kier molecular flexibility index (Phi) is 5.35. The Morgan fingerprint density at radius 1 is 1.30 bits per heavy atom. The maximum atomic E-state index is 12.6. The number of amides is 1. The third-order valence-corrected chi connectivity index (χ3v) is 7.76. The first-order valence-corrected chi connectivity index (χ1v) is 10.4. The molecule has 1 aromatic rings. The Morgan fingerprint density at radius 2 is 2.09 bits per heavy atom. The van der Waals surface area contributed by atoms with E-state index in [9.17, 15) is 13.2 Å². The summed E-state index contributed by atoms with van der Waals surface area (Å²) in [5, 5.41) is 6.19. The molecule has 1 unspecified atom stereocenters. The molecule has 2 saturated heterocycles. The van der Waals surface area contributed by atoms with Crippen molar-refractivity contribution in [3.8, 4) is 0 Å². The van der Waals surface area contributed by atoms with Gasteiger partial charge in [0, 0.05) is 30.6 Å². The first-order valence-electron chi connectivity index (χ1n) is 8.14. The smallest absolute Gasteiger partial charge is 0.252 e. The van der Waals surface area contributed by atoms with E-state index in [2.05, 4.69) is 10.6 Å². The van der Waals surface area contributed by atoms with E-state index < -0.39 is 10.0 Å². The fourth-order valence-electron chi connectivity index (χ4n) is 3.04. The molecule has 0 aliphatic carbocycles. The van der Waals surface area contributed by atoms with Crippen LogP contribution >= 0.6 is 11.3 Å². The maximum absolute atomic E-state index is 12.6. The van der Waals surface area contributed by atoms with Gasteiger partial charge in [0.1, 0.15) is 4.21 Å². The van der Waals surface area contributed by atoms with Crippen LogP contribution in [0.5, 0.6) is 0 Å². The topological polar surface area (TPSA) is 78.5 Å². The summed E-state index contributed by atoms with van der Waals surface area (Å²) in [5.74, 6) is -0.0394. The minimum Gasteiger partial charge on any atom is -0.352 e. The Hall–Kier alpha value is -0.960. The van der Waals surface area contributed by atoms with Crippen molar-refractivity contribution in [1.29, 1.82) is 0 Å². The van der Waals surface area contributed by atoms with Crippen LogP contribution in [0.2, 0.25) is 0 Å². The van der Waals surface area contributed by atoms with Crippen LogP contribution in [0.3, 0.4) is 0 Å². The Bertz CT molecular complexity index is 645. The fraction of sp³-hybridized carbons (Fsp3) is 0.667. The van der Waals surface area contributed by atoms with Gasteiger partial charge in [-0.15, -0.1) is 11.3 Å². The number of carbonyl (C=O) groups is 1. The van der Waals surface area contributed by atoms with E-state index in [1.165, 1.54) is 11.3 Å². The number of hydrogen-bond donors (Lipinski definition) is 2. The van der Waals surface area contributed by atoms with Crippen LogP contribution in [0.15, 0.2) is 16.3 Å². The number of hydrogen-bond acceptors (Lipinski definition) is 5. The number of carbonyl (C=O) groups excluding carboxylic acids is 1. The molecule has 2 fully saturated rings. The molecule has 1 atom stereocenters. The zero-order chi connectivity index (χ0) is 16.3. The second-order valence-electron chi connectivity index (χ2n) is 6.12. The molecule has 0 spiro atoms. The number of nitrogens with one attached hydrogen (secondary N) is 2. The third kappa shape index (κ3) is 4.12. The molecule has 2 aliphatic heterocycles. The van der Waals surface area contributed by atoms with Gasteiger partial charge < -0.3 is 10.6 Å². The van der Waals surface area contributed by atoms with Gasteiger partial charge in [0.05, 0.1) is 6.42 Å². The zero-order valence-corrected chi connectivity index (χ0v) is 14.7. The molecule has 2 N–H and O–H groups in total. The van der Waals surface area contributed by atoms with Crippen LogP contribution in [-0.2, 0) is 21.2 Å². The summed E-state index contributed by atoms with van der Waals surface area (Å²) in [6.07, 6.45) is 4.14. The second kappa shape index (κ2) is 7.29. The Balaban J connectivity index is 1.61. The summed E-state index contributed by atoms with van der Waals surface area (Å²) in [7, 11) is -3.39. The van der Waals surface area contributed by atoms with E-state index in [-0.39, 0.29) is 18.4 Å². The highest BCUT2D eigenvalue weighted by Gasteiger charge is 2.27. The van der Waals surface area contributed by atoms with Gasteiger partial charge >= 0.3 is 0 Å². The summed E-state index contributed by atoms with van der Waals surface area (Å²) >= 11 is 1.21. The molecule has 3 heterocycles. The van der Waals surface area contributed by atoms with E-state index in [1.54, 1.807) is 16.4 Å². The SMILES string of the molecule is O=C(Cc1ccc(S(=O)(=O)N2CCCCC2)s1)NC1CCNC1. The van der Waals surface area contributed by atoms with Crippen molar-refractivity contribution in [2.75, 3.05) is 26.2 Å². The molecular weight excluding hydrogens is 334 g/mol. The van der Waals surface area contributed by atoms with Crippen molar-refractivity contribution < 1.29 is 13.2 Å². The standard InChI is InChI=1S/C15H23N3O3S2/c19-14(17-12-6-7-16-11-12)10-13-4-5-15(22-13)23(20,21)18-8-2-1-3-9-18/h4-5,12,16H,1-3,6-11H2,(H,17,19). The van der Waals surface area contributed by atoms with Crippen LogP contribution < -0.4 is 10.6 Å². The summed E-state index contributed by atoms with van der Waals surface area (Å²) in [4.78, 5) is 12.8. The van der Waals surface area contributed by atoms with Gasteiger partial charge in [-0.1, -0.05) is 6.42 Å². The lowest BCUT2D eigenvalue weighted by Gasteiger charge is -2.25. The largest absolute Gasteiger partial charge is 0.352 e. The number of sulfonamides is 1. The summed E-state index contributed by atoms with van der Waals surface area (Å²) in [6, 6.07) is 3.58. The van der Waals surface area contributed by atoms with Gasteiger partial charge in [-0.2, -0.15) is 4.31 Å². The van der Waals surface area contributed by atoms with E-state index in [1.807, 2.05) is 0 Å². The van der Waals surface area contributed by atoms with Gasteiger partial charge in [0.2, 0.25) is 5.91 Å². The van der Waals surface area contributed by atoms with Gasteiger partial charge in [-0.3, -0.25) is 4.79 Å². The predicted molar refractivity (Wildman–Crippen MR) is 90.1 cm³/mol. The monoisotopic (exact) mass is 357 g/mol. The fourth-order valence-corrected chi connectivity index (χ4v) is 6.06. The lowest BCUT2D eigenvalue weighted by Crippen LogP contribution is -2.37. The highest BCUT2D eigenvalue weighted by molar-refractivity contribution is 7.91. The number of nitrogens with zero attached hydrogens (tertiary/aromatic N) is 1. The lowest BCUT2D eigenvalue weighted by atomic mass is 10.2. The maximum Gasteiger partial charge on any atom is 0.252 e. The Labute approximate surface area is 141 Å². The third-order valence-electron chi connectivity index (χ3n) is 4.31. The zero-order valence-electron chi connectivity index (χ0n) is 13.1. The van der Waals surface area contributed by atoms with Crippen LogP contribution in [-0.4, -0.2) is 50.9 Å². The molecule has 1 aromatic heterocycles. The molecule has 3 rings (SSSR count). The molecule has 0 radical (unpaired) electrons. The molecule has 23 heavy (non-hydrogen) atoms. The molecule has 128 valence electrons. The number of thiophene rings is 1. The molecule has 0 aromatic carbocycles. The molecule has 2 aliphatic rings. The minimum atomic E-state index is -3.39. The average molecular weight is 358 g/mol. The van der Waals surface area contributed by atoms with E-state index in [4.69, 9.17) is 0 Å². The number of piperidine rings is 1. The summed E-state index contributed by atoms with van der Waals surface area (Å²) in [6.45, 7) is 2.95. The normalized spacial score (nSPS) is 23.0. The van der Waals surface area contributed by atoms with Crippen molar-refractivity contribution in [3.63, 3.8) is 0 Å². The quantitative estimate of drug-likeness (QED) is 0.822. The first kappa shape index (κ1) is 16.9. The number of rotatable bonds is 5. The lowest BCUT2D eigenvalue weighted by molar-refractivity contribution is -0.120. The summed E-state index contributed by atoms with van der Waals surface area (Å²) in [5.41, 5.74) is 0. The van der Waals surface area contributed by atoms with Crippen molar-refractivity contribution >= 4 is 27.3 Å². The highest BCUT2D eigenvalue weighted by atomic mass is 32.2. The van der Waals surface area contributed by atoms with E-state index in [0.29, 0.717) is 17.3 Å². The van der Waals surface area contributed by atoms with Crippen molar-refractivity contribution in [2.45, 2.75) is 42.4 Å². The van der Waals surface area contributed by atoms with Gasteiger partial charge in [-0.05, 0) is 37.9 Å². The first-order chi connectivity index (χ1) is 11.1. The summed E-state index contributed by atoms with van der Waals surface area (Å²) < 4.78 is 27.1. The van der Waals surface area contributed by atoms with Crippen LogP contribution in [0.25, 0.3) is 0 Å². The van der Waals surface area contributed by atoms with E-state index in [0.717, 1.165) is 43.6 Å². The van der Waals surface area contributed by atoms with Gasteiger partial charge in [0.15, 0.2) is 0 Å². The van der Waals surface area contributed by atoms with Crippen molar-refractivity contribution in [1.82, 2.24) is 14.9 Å².